The summed E-state index contributed by atoms with van der Waals surface area (Å²) in [5.74, 6) is 0.148. The highest BCUT2D eigenvalue weighted by molar-refractivity contribution is 6.04. The van der Waals surface area contributed by atoms with Gasteiger partial charge in [-0.05, 0) is 52.2 Å². The van der Waals surface area contributed by atoms with Crippen molar-refractivity contribution >= 4 is 27.6 Å². The third kappa shape index (κ3) is 4.85. The highest BCUT2D eigenvalue weighted by Crippen LogP contribution is 2.24. The molecule has 1 aliphatic rings. The van der Waals surface area contributed by atoms with E-state index >= 15 is 0 Å². The lowest BCUT2D eigenvalue weighted by atomic mass is 10.0. The van der Waals surface area contributed by atoms with Crippen LogP contribution in [0.2, 0.25) is 0 Å². The molecule has 0 bridgehead atoms. The summed E-state index contributed by atoms with van der Waals surface area (Å²) in [4.78, 5) is 29.6. The Labute approximate surface area is 212 Å². The predicted octanol–water partition coefficient (Wildman–Crippen LogP) is 2.85. The highest BCUT2D eigenvalue weighted by Gasteiger charge is 2.21. The van der Waals surface area contributed by atoms with E-state index in [1.54, 1.807) is 11.0 Å². The SMILES string of the molecule is O=C(Cc1ccc(-n2cnnn2)cc1)N1CCN(CCc2ccc3c(=O)oc4ccccc4c3c2)CC1. The second-order valence-corrected chi connectivity index (χ2v) is 9.34. The van der Waals surface area contributed by atoms with Crippen molar-refractivity contribution in [2.75, 3.05) is 32.7 Å². The van der Waals surface area contributed by atoms with Crippen LogP contribution in [0.15, 0.2) is 82.3 Å². The van der Waals surface area contributed by atoms with Crippen molar-refractivity contribution in [2.24, 2.45) is 0 Å². The van der Waals surface area contributed by atoms with Gasteiger partial charge in [0.15, 0.2) is 0 Å². The van der Waals surface area contributed by atoms with Gasteiger partial charge in [-0.25, -0.2) is 9.48 Å². The van der Waals surface area contributed by atoms with Crippen molar-refractivity contribution in [3.05, 3.63) is 94.6 Å². The van der Waals surface area contributed by atoms with Gasteiger partial charge in [-0.1, -0.05) is 42.5 Å². The van der Waals surface area contributed by atoms with Gasteiger partial charge in [-0.3, -0.25) is 9.69 Å². The number of rotatable bonds is 6. The average molecular weight is 495 g/mol. The molecule has 0 N–H and O–H groups in total. The van der Waals surface area contributed by atoms with Crippen molar-refractivity contribution < 1.29 is 9.21 Å². The molecule has 0 atom stereocenters. The van der Waals surface area contributed by atoms with Crippen LogP contribution in [-0.2, 0) is 17.6 Å². The fraction of sp³-hybridized carbons (Fsp3) is 0.250. The Kier molecular flexibility index (Phi) is 6.20. The Bertz CT molecular complexity index is 1600. The number of fused-ring (bicyclic) bond motifs is 3. The van der Waals surface area contributed by atoms with E-state index in [0.717, 1.165) is 61.2 Å². The molecule has 0 spiro atoms. The van der Waals surface area contributed by atoms with Crippen LogP contribution in [0.1, 0.15) is 11.1 Å². The number of piperazine rings is 1. The number of para-hydroxylation sites is 1. The molecule has 1 aliphatic heterocycles. The maximum atomic E-state index is 12.9. The van der Waals surface area contributed by atoms with Gasteiger partial charge in [0.25, 0.3) is 0 Å². The molecule has 1 fully saturated rings. The number of hydrogen-bond donors (Lipinski definition) is 0. The van der Waals surface area contributed by atoms with Crippen LogP contribution < -0.4 is 5.63 Å². The molecule has 9 heteroatoms. The molecule has 186 valence electrons. The smallest absolute Gasteiger partial charge is 0.344 e. The molecule has 0 radical (unpaired) electrons. The summed E-state index contributed by atoms with van der Waals surface area (Å²) in [5, 5.41) is 13.7. The van der Waals surface area contributed by atoms with Crippen molar-refractivity contribution in [2.45, 2.75) is 12.8 Å². The second-order valence-electron chi connectivity index (χ2n) is 9.34. The summed E-state index contributed by atoms with van der Waals surface area (Å²) >= 11 is 0. The summed E-state index contributed by atoms with van der Waals surface area (Å²) in [6, 6.07) is 21.4. The van der Waals surface area contributed by atoms with E-state index in [4.69, 9.17) is 4.42 Å². The van der Waals surface area contributed by atoms with Crippen LogP contribution in [0.3, 0.4) is 0 Å². The highest BCUT2D eigenvalue weighted by atomic mass is 16.4. The van der Waals surface area contributed by atoms with E-state index in [9.17, 15) is 9.59 Å². The first-order valence-electron chi connectivity index (χ1n) is 12.4. The zero-order valence-corrected chi connectivity index (χ0v) is 20.3. The summed E-state index contributed by atoms with van der Waals surface area (Å²) < 4.78 is 7.04. The van der Waals surface area contributed by atoms with Gasteiger partial charge in [-0.15, -0.1) is 5.10 Å². The Hall–Kier alpha value is -4.37. The van der Waals surface area contributed by atoms with E-state index in [1.807, 2.05) is 65.6 Å². The van der Waals surface area contributed by atoms with Crippen LogP contribution in [0.4, 0.5) is 0 Å². The largest absolute Gasteiger partial charge is 0.422 e. The number of tetrazole rings is 1. The molecule has 0 unspecified atom stereocenters. The van der Waals surface area contributed by atoms with Gasteiger partial charge in [0.1, 0.15) is 11.9 Å². The van der Waals surface area contributed by atoms with E-state index in [2.05, 4.69) is 26.5 Å². The minimum atomic E-state index is -0.301. The zero-order valence-electron chi connectivity index (χ0n) is 20.3. The first-order chi connectivity index (χ1) is 18.1. The van der Waals surface area contributed by atoms with Gasteiger partial charge < -0.3 is 9.32 Å². The van der Waals surface area contributed by atoms with E-state index in [-0.39, 0.29) is 11.5 Å². The first kappa shape index (κ1) is 23.1. The molecule has 0 saturated carbocycles. The maximum absolute atomic E-state index is 12.9. The average Bonchev–Trinajstić information content (AvgIpc) is 3.48. The Morgan fingerprint density at radius 2 is 1.65 bits per heavy atom. The number of carbonyl (C=O) groups excluding carboxylic acids is 1. The quantitative estimate of drug-likeness (QED) is 0.264. The normalized spacial score (nSPS) is 14.4. The second kappa shape index (κ2) is 9.94. The van der Waals surface area contributed by atoms with Crippen LogP contribution in [0.5, 0.6) is 0 Å². The Balaban J connectivity index is 1.04. The molecule has 37 heavy (non-hydrogen) atoms. The number of nitrogens with zero attached hydrogens (tertiary/aromatic N) is 6. The molecule has 0 aliphatic carbocycles. The molecule has 3 heterocycles. The molecule has 1 saturated heterocycles. The van der Waals surface area contributed by atoms with E-state index in [0.29, 0.717) is 17.4 Å². The van der Waals surface area contributed by atoms with Crippen LogP contribution >= 0.6 is 0 Å². The fourth-order valence-corrected chi connectivity index (χ4v) is 4.92. The summed E-state index contributed by atoms with van der Waals surface area (Å²) in [6.45, 7) is 4.07. The van der Waals surface area contributed by atoms with E-state index < -0.39 is 0 Å². The van der Waals surface area contributed by atoms with Gasteiger partial charge in [0.2, 0.25) is 5.91 Å². The van der Waals surface area contributed by atoms with Gasteiger partial charge >= 0.3 is 5.63 Å². The maximum Gasteiger partial charge on any atom is 0.344 e. The van der Waals surface area contributed by atoms with Crippen molar-refractivity contribution in [1.29, 1.82) is 0 Å². The number of benzene rings is 3. The molecule has 5 aromatic rings. The third-order valence-electron chi connectivity index (χ3n) is 7.03. The monoisotopic (exact) mass is 494 g/mol. The zero-order chi connectivity index (χ0) is 25.2. The number of amides is 1. The van der Waals surface area contributed by atoms with Crippen LogP contribution in [0, 0.1) is 0 Å². The number of hydrogen-bond acceptors (Lipinski definition) is 7. The Morgan fingerprint density at radius 3 is 2.43 bits per heavy atom. The lowest BCUT2D eigenvalue weighted by Crippen LogP contribution is -2.49. The van der Waals surface area contributed by atoms with Crippen molar-refractivity contribution in [1.82, 2.24) is 30.0 Å². The van der Waals surface area contributed by atoms with Gasteiger partial charge in [0.05, 0.1) is 17.5 Å². The number of carbonyl (C=O) groups is 1. The van der Waals surface area contributed by atoms with Gasteiger partial charge in [-0.2, -0.15) is 0 Å². The van der Waals surface area contributed by atoms with Crippen LogP contribution in [-0.4, -0.2) is 68.6 Å². The molecular formula is C28H26N6O3. The van der Waals surface area contributed by atoms with Crippen molar-refractivity contribution in [3.8, 4) is 5.69 Å². The minimum absolute atomic E-state index is 0.148. The summed E-state index contributed by atoms with van der Waals surface area (Å²) in [6.07, 6.45) is 2.81. The van der Waals surface area contributed by atoms with Gasteiger partial charge in [0, 0.05) is 43.5 Å². The molecule has 3 aromatic carbocycles. The predicted molar refractivity (Wildman–Crippen MR) is 140 cm³/mol. The molecule has 9 nitrogen and oxygen atoms in total. The lowest BCUT2D eigenvalue weighted by Gasteiger charge is -2.34. The Morgan fingerprint density at radius 1 is 0.865 bits per heavy atom. The molecule has 6 rings (SSSR count). The van der Waals surface area contributed by atoms with E-state index in [1.165, 1.54) is 5.56 Å². The molecular weight excluding hydrogens is 468 g/mol. The summed E-state index contributed by atoms with van der Waals surface area (Å²) in [5.41, 5.74) is 3.33. The standard InChI is InChI=1S/C28H26N6O3/c35-27(18-20-5-8-22(9-6-20)34-19-29-30-31-34)33-15-13-32(14-16-33)12-11-21-7-10-24-25(17-21)23-3-1-2-4-26(23)37-28(24)36/h1-10,17,19H,11-16,18H2. The molecule has 2 aromatic heterocycles. The molecule has 1 amide bonds. The van der Waals surface area contributed by atoms with Crippen molar-refractivity contribution in [3.63, 3.8) is 0 Å². The first-order valence-corrected chi connectivity index (χ1v) is 12.4. The lowest BCUT2D eigenvalue weighted by molar-refractivity contribution is -0.132. The minimum Gasteiger partial charge on any atom is -0.422 e. The van der Waals surface area contributed by atoms with Crippen LogP contribution in [0.25, 0.3) is 27.4 Å². The topological polar surface area (TPSA) is 97.4 Å². The summed E-state index contributed by atoms with van der Waals surface area (Å²) in [7, 11) is 0. The number of aromatic nitrogens is 4. The fourth-order valence-electron chi connectivity index (χ4n) is 4.92. The third-order valence-corrected chi connectivity index (χ3v) is 7.03.